The first kappa shape index (κ1) is 21.9. The van der Waals surface area contributed by atoms with Crippen LogP contribution in [0.15, 0.2) is 47.4 Å². The Labute approximate surface area is 167 Å². The lowest BCUT2D eigenvalue weighted by Gasteiger charge is -2.20. The van der Waals surface area contributed by atoms with Crippen molar-refractivity contribution in [3.8, 4) is 5.75 Å². The van der Waals surface area contributed by atoms with Crippen molar-refractivity contribution in [3.63, 3.8) is 0 Å². The number of benzene rings is 2. The summed E-state index contributed by atoms with van der Waals surface area (Å²) in [6.45, 7) is 6.16. The zero-order valence-electron chi connectivity index (χ0n) is 16.9. The first-order valence-electron chi connectivity index (χ1n) is 9.35. The van der Waals surface area contributed by atoms with E-state index in [0.717, 1.165) is 11.3 Å². The number of ether oxygens (including phenoxy) is 1. The molecule has 0 heterocycles. The van der Waals surface area contributed by atoms with Gasteiger partial charge < -0.3 is 10.1 Å². The Morgan fingerprint density at radius 2 is 1.82 bits per heavy atom. The van der Waals surface area contributed by atoms with Crippen LogP contribution in [0.2, 0.25) is 0 Å². The first-order chi connectivity index (χ1) is 13.3. The number of rotatable bonds is 9. The minimum atomic E-state index is -3.58. The molecule has 7 heteroatoms. The smallest absolute Gasteiger partial charge is 0.243 e. The summed E-state index contributed by atoms with van der Waals surface area (Å²) >= 11 is 0. The fraction of sp³-hybridized carbons (Fsp3) is 0.381. The fourth-order valence-corrected chi connectivity index (χ4v) is 4.68. The molecule has 152 valence electrons. The summed E-state index contributed by atoms with van der Waals surface area (Å²) in [5.74, 6) is 0.584. The van der Waals surface area contributed by atoms with Crippen LogP contribution in [0.25, 0.3) is 0 Å². The highest BCUT2D eigenvalue weighted by Crippen LogP contribution is 2.24. The molecule has 0 unspecified atom stereocenters. The number of nitrogens with one attached hydrogen (secondary N) is 1. The molecular weight excluding hydrogens is 376 g/mol. The lowest BCUT2D eigenvalue weighted by molar-refractivity contribution is -0.116. The van der Waals surface area contributed by atoms with Gasteiger partial charge in [-0.1, -0.05) is 32.0 Å². The molecule has 2 aromatic rings. The van der Waals surface area contributed by atoms with Gasteiger partial charge in [-0.15, -0.1) is 0 Å². The molecule has 0 saturated heterocycles. The van der Waals surface area contributed by atoms with Crippen LogP contribution in [-0.4, -0.2) is 38.8 Å². The molecule has 0 bridgehead atoms. The molecule has 0 aliphatic rings. The van der Waals surface area contributed by atoms with Crippen molar-refractivity contribution >= 4 is 21.6 Å². The van der Waals surface area contributed by atoms with Crippen molar-refractivity contribution in [2.24, 2.45) is 0 Å². The van der Waals surface area contributed by atoms with Crippen LogP contribution in [0, 0.1) is 6.92 Å². The highest BCUT2D eigenvalue weighted by atomic mass is 32.2. The van der Waals surface area contributed by atoms with E-state index in [4.69, 9.17) is 4.74 Å². The van der Waals surface area contributed by atoms with Crippen LogP contribution in [0.4, 0.5) is 5.69 Å². The molecule has 0 aromatic heterocycles. The number of carbonyl (C=O) groups excluding carboxylic acids is 1. The summed E-state index contributed by atoms with van der Waals surface area (Å²) in [6, 6.07) is 12.6. The SMILES string of the molecule is CCN(CC)S(=O)(=O)c1cc(NC(=O)CCc2cccc(OC)c2)ccc1C. The topological polar surface area (TPSA) is 75.7 Å². The molecule has 0 atom stereocenters. The van der Waals surface area contributed by atoms with E-state index in [2.05, 4.69) is 5.32 Å². The zero-order valence-corrected chi connectivity index (χ0v) is 17.7. The van der Waals surface area contributed by atoms with Gasteiger partial charge in [-0.3, -0.25) is 4.79 Å². The molecule has 1 amide bonds. The molecule has 2 aromatic carbocycles. The molecule has 6 nitrogen and oxygen atoms in total. The Morgan fingerprint density at radius 1 is 1.11 bits per heavy atom. The molecular formula is C21H28N2O4S. The van der Waals surface area contributed by atoms with E-state index in [9.17, 15) is 13.2 Å². The number of amides is 1. The van der Waals surface area contributed by atoms with Gasteiger partial charge in [0.1, 0.15) is 5.75 Å². The van der Waals surface area contributed by atoms with Crippen molar-refractivity contribution in [1.29, 1.82) is 0 Å². The third-order valence-corrected chi connectivity index (χ3v) is 6.76. The second kappa shape index (κ2) is 9.71. The van der Waals surface area contributed by atoms with Crippen molar-refractivity contribution in [2.75, 3.05) is 25.5 Å². The number of aryl methyl sites for hydroxylation is 2. The summed E-state index contributed by atoms with van der Waals surface area (Å²) in [5.41, 5.74) is 2.14. The van der Waals surface area contributed by atoms with E-state index >= 15 is 0 Å². The highest BCUT2D eigenvalue weighted by molar-refractivity contribution is 7.89. The van der Waals surface area contributed by atoms with Gasteiger partial charge in [-0.2, -0.15) is 4.31 Å². The van der Waals surface area contributed by atoms with E-state index in [0.29, 0.717) is 37.2 Å². The number of methoxy groups -OCH3 is 1. The van der Waals surface area contributed by atoms with Gasteiger partial charge in [0.2, 0.25) is 15.9 Å². The van der Waals surface area contributed by atoms with Gasteiger partial charge in [0.05, 0.1) is 12.0 Å². The van der Waals surface area contributed by atoms with Crippen LogP contribution in [-0.2, 0) is 21.2 Å². The summed E-state index contributed by atoms with van der Waals surface area (Å²) in [4.78, 5) is 12.6. The third kappa shape index (κ3) is 5.33. The molecule has 2 rings (SSSR count). The van der Waals surface area contributed by atoms with Crippen molar-refractivity contribution < 1.29 is 17.9 Å². The standard InChI is InChI=1S/C21H28N2O4S/c1-5-23(6-2)28(25,26)20-15-18(12-10-16(20)3)22-21(24)13-11-17-8-7-9-19(14-17)27-4/h7-10,12,14-15H,5-6,11,13H2,1-4H3,(H,22,24). The predicted molar refractivity (Wildman–Crippen MR) is 111 cm³/mol. The number of hydrogen-bond acceptors (Lipinski definition) is 4. The molecule has 0 fully saturated rings. The van der Waals surface area contributed by atoms with Crippen molar-refractivity contribution in [1.82, 2.24) is 4.31 Å². The van der Waals surface area contributed by atoms with Gasteiger partial charge in [0, 0.05) is 25.2 Å². The number of sulfonamides is 1. The van der Waals surface area contributed by atoms with Gasteiger partial charge in [-0.25, -0.2) is 8.42 Å². The van der Waals surface area contributed by atoms with Crippen molar-refractivity contribution in [2.45, 2.75) is 38.5 Å². The predicted octanol–water partition coefficient (Wildman–Crippen LogP) is 3.61. The molecule has 28 heavy (non-hydrogen) atoms. The Hall–Kier alpha value is -2.38. The van der Waals surface area contributed by atoms with Crippen LogP contribution < -0.4 is 10.1 Å². The quantitative estimate of drug-likeness (QED) is 0.693. The fourth-order valence-electron chi connectivity index (χ4n) is 2.97. The molecule has 0 spiro atoms. The molecule has 1 N–H and O–H groups in total. The summed E-state index contributed by atoms with van der Waals surface area (Å²) in [6.07, 6.45) is 0.860. The van der Waals surface area contributed by atoms with Gasteiger partial charge >= 0.3 is 0 Å². The Balaban J connectivity index is 2.11. The Bertz CT molecular complexity index is 922. The number of carbonyl (C=O) groups is 1. The zero-order chi connectivity index (χ0) is 20.7. The van der Waals surface area contributed by atoms with Gasteiger partial charge in [0.15, 0.2) is 0 Å². The first-order valence-corrected chi connectivity index (χ1v) is 10.8. The molecule has 0 saturated carbocycles. The molecule has 0 radical (unpaired) electrons. The number of nitrogens with zero attached hydrogens (tertiary/aromatic N) is 1. The minimum absolute atomic E-state index is 0.169. The van der Waals surface area contributed by atoms with Gasteiger partial charge in [-0.05, 0) is 48.7 Å². The van der Waals surface area contributed by atoms with Crippen LogP contribution >= 0.6 is 0 Å². The second-order valence-electron chi connectivity index (χ2n) is 6.47. The summed E-state index contributed by atoms with van der Waals surface area (Å²) < 4.78 is 32.2. The Morgan fingerprint density at radius 3 is 2.46 bits per heavy atom. The minimum Gasteiger partial charge on any atom is -0.497 e. The van der Waals surface area contributed by atoms with Crippen molar-refractivity contribution in [3.05, 3.63) is 53.6 Å². The van der Waals surface area contributed by atoms with E-state index < -0.39 is 10.0 Å². The van der Waals surface area contributed by atoms with Crippen LogP contribution in [0.5, 0.6) is 5.75 Å². The maximum atomic E-state index is 12.8. The normalized spacial score (nSPS) is 11.5. The average molecular weight is 405 g/mol. The second-order valence-corrected chi connectivity index (χ2v) is 8.38. The lowest BCUT2D eigenvalue weighted by Crippen LogP contribution is -2.31. The van der Waals surface area contributed by atoms with Gasteiger partial charge in [0.25, 0.3) is 0 Å². The maximum absolute atomic E-state index is 12.8. The monoisotopic (exact) mass is 404 g/mol. The van der Waals surface area contributed by atoms with E-state index in [-0.39, 0.29) is 10.8 Å². The average Bonchev–Trinajstić information content (AvgIpc) is 2.68. The summed E-state index contributed by atoms with van der Waals surface area (Å²) in [7, 11) is -1.98. The van der Waals surface area contributed by atoms with E-state index in [1.54, 1.807) is 40.0 Å². The molecule has 0 aliphatic carbocycles. The maximum Gasteiger partial charge on any atom is 0.243 e. The van der Waals surface area contributed by atoms with Crippen LogP contribution in [0.1, 0.15) is 31.4 Å². The largest absolute Gasteiger partial charge is 0.497 e. The van der Waals surface area contributed by atoms with E-state index in [1.165, 1.54) is 10.4 Å². The van der Waals surface area contributed by atoms with Crippen LogP contribution in [0.3, 0.4) is 0 Å². The third-order valence-electron chi connectivity index (χ3n) is 4.57. The Kier molecular flexibility index (Phi) is 7.60. The molecule has 0 aliphatic heterocycles. The number of anilines is 1. The summed E-state index contributed by atoms with van der Waals surface area (Å²) in [5, 5.41) is 2.80. The highest BCUT2D eigenvalue weighted by Gasteiger charge is 2.24. The van der Waals surface area contributed by atoms with E-state index in [1.807, 2.05) is 24.3 Å². The lowest BCUT2D eigenvalue weighted by atomic mass is 10.1. The number of hydrogen-bond donors (Lipinski definition) is 1.